The number of hydrogen-bond acceptors (Lipinski definition) is 5. The zero-order valence-electron chi connectivity index (χ0n) is 11.7. The smallest absolute Gasteiger partial charge is 0.209 e. The van der Waals surface area contributed by atoms with Crippen molar-refractivity contribution in [2.24, 2.45) is 0 Å². The number of para-hydroxylation sites is 2. The minimum absolute atomic E-state index is 0.595. The molecule has 0 aliphatic carbocycles. The van der Waals surface area contributed by atoms with E-state index >= 15 is 0 Å². The first-order valence-electron chi connectivity index (χ1n) is 6.98. The lowest BCUT2D eigenvalue weighted by atomic mass is 9.94. The van der Waals surface area contributed by atoms with Crippen LogP contribution in [0.5, 0.6) is 0 Å². The van der Waals surface area contributed by atoms with Crippen LogP contribution >= 0.6 is 0 Å². The Hall–Kier alpha value is -1.43. The standard InChI is InChI=1S/C15H20N2O3/c1-17(11-15(18)6-8-19-9-7-15)10-14-16-12-4-2-3-5-13(12)20-14/h2-5,18H,6-11H2,1H3. The molecule has 3 rings (SSSR count). The molecule has 20 heavy (non-hydrogen) atoms. The van der Waals surface area contributed by atoms with E-state index in [4.69, 9.17) is 9.15 Å². The van der Waals surface area contributed by atoms with Crippen LogP contribution in [0.15, 0.2) is 28.7 Å². The molecule has 0 bridgehead atoms. The fourth-order valence-electron chi connectivity index (χ4n) is 2.69. The van der Waals surface area contributed by atoms with Gasteiger partial charge in [0.15, 0.2) is 5.58 Å². The van der Waals surface area contributed by atoms with Crippen LogP contribution in [-0.2, 0) is 11.3 Å². The van der Waals surface area contributed by atoms with Crippen LogP contribution in [0.25, 0.3) is 11.1 Å². The van der Waals surface area contributed by atoms with E-state index in [-0.39, 0.29) is 0 Å². The van der Waals surface area contributed by atoms with Gasteiger partial charge in [0, 0.05) is 32.6 Å². The van der Waals surface area contributed by atoms with Gasteiger partial charge < -0.3 is 14.3 Å². The van der Waals surface area contributed by atoms with E-state index in [1.165, 1.54) is 0 Å². The number of aliphatic hydroxyl groups is 1. The van der Waals surface area contributed by atoms with E-state index in [1.54, 1.807) is 0 Å². The molecule has 0 spiro atoms. The first-order valence-corrected chi connectivity index (χ1v) is 6.98. The molecule has 0 radical (unpaired) electrons. The van der Waals surface area contributed by atoms with Crippen molar-refractivity contribution in [1.82, 2.24) is 9.88 Å². The summed E-state index contributed by atoms with van der Waals surface area (Å²) >= 11 is 0. The van der Waals surface area contributed by atoms with Crippen LogP contribution in [0.1, 0.15) is 18.7 Å². The first-order chi connectivity index (χ1) is 9.65. The van der Waals surface area contributed by atoms with Crippen molar-refractivity contribution >= 4 is 11.1 Å². The highest BCUT2D eigenvalue weighted by Crippen LogP contribution is 2.22. The van der Waals surface area contributed by atoms with E-state index in [0.717, 1.165) is 11.1 Å². The molecule has 0 unspecified atom stereocenters. The number of ether oxygens (including phenoxy) is 1. The van der Waals surface area contributed by atoms with Crippen LogP contribution in [0.2, 0.25) is 0 Å². The Labute approximate surface area is 118 Å². The summed E-state index contributed by atoms with van der Waals surface area (Å²) in [7, 11) is 1.97. The van der Waals surface area contributed by atoms with Gasteiger partial charge in [-0.2, -0.15) is 0 Å². The molecule has 1 N–H and O–H groups in total. The van der Waals surface area contributed by atoms with E-state index < -0.39 is 5.60 Å². The lowest BCUT2D eigenvalue weighted by Crippen LogP contribution is -2.45. The van der Waals surface area contributed by atoms with Crippen molar-refractivity contribution in [2.45, 2.75) is 25.0 Å². The van der Waals surface area contributed by atoms with Gasteiger partial charge in [0.1, 0.15) is 5.52 Å². The Bertz CT molecular complexity index is 542. The molecule has 0 amide bonds. The SMILES string of the molecule is CN(Cc1nc2ccccc2o1)CC1(O)CCOCC1. The van der Waals surface area contributed by atoms with Crippen LogP contribution in [0.4, 0.5) is 0 Å². The lowest BCUT2D eigenvalue weighted by molar-refractivity contribution is -0.0782. The maximum atomic E-state index is 10.5. The summed E-state index contributed by atoms with van der Waals surface area (Å²) in [6.45, 7) is 2.47. The molecule has 1 aliphatic rings. The predicted molar refractivity (Wildman–Crippen MR) is 75.3 cm³/mol. The number of fused-ring (bicyclic) bond motifs is 1. The molecule has 1 aliphatic heterocycles. The van der Waals surface area contributed by atoms with Crippen LogP contribution in [0.3, 0.4) is 0 Å². The normalized spacial score (nSPS) is 18.8. The number of aromatic nitrogens is 1. The summed E-state index contributed by atoms with van der Waals surface area (Å²) in [6, 6.07) is 7.74. The molecule has 1 aromatic heterocycles. The van der Waals surface area contributed by atoms with Crippen molar-refractivity contribution in [3.8, 4) is 0 Å². The lowest BCUT2D eigenvalue weighted by Gasteiger charge is -2.35. The van der Waals surface area contributed by atoms with Gasteiger partial charge in [-0.1, -0.05) is 12.1 Å². The highest BCUT2D eigenvalue weighted by molar-refractivity contribution is 5.72. The number of likely N-dealkylation sites (N-methyl/N-ethyl adjacent to an activating group) is 1. The molecule has 0 atom stereocenters. The predicted octanol–water partition coefficient (Wildman–Crippen LogP) is 1.80. The highest BCUT2D eigenvalue weighted by atomic mass is 16.5. The Morgan fingerprint density at radius 2 is 2.05 bits per heavy atom. The largest absolute Gasteiger partial charge is 0.439 e. The van der Waals surface area contributed by atoms with Gasteiger partial charge in [0.05, 0.1) is 12.1 Å². The summed E-state index contributed by atoms with van der Waals surface area (Å²) < 4.78 is 11.0. The van der Waals surface area contributed by atoms with Crippen LogP contribution < -0.4 is 0 Å². The van der Waals surface area contributed by atoms with Crippen molar-refractivity contribution in [2.75, 3.05) is 26.8 Å². The number of rotatable bonds is 4. The molecular formula is C15H20N2O3. The molecule has 108 valence electrons. The maximum Gasteiger partial charge on any atom is 0.209 e. The molecule has 1 saturated heterocycles. The average Bonchev–Trinajstić information content (AvgIpc) is 2.80. The summed E-state index contributed by atoms with van der Waals surface area (Å²) in [5.74, 6) is 0.685. The second-order valence-electron chi connectivity index (χ2n) is 5.58. The molecule has 5 nitrogen and oxygen atoms in total. The van der Waals surface area contributed by atoms with Crippen molar-refractivity contribution in [3.63, 3.8) is 0 Å². The Kier molecular flexibility index (Phi) is 3.74. The Balaban J connectivity index is 1.64. The van der Waals surface area contributed by atoms with Gasteiger partial charge in [-0.25, -0.2) is 4.98 Å². The Morgan fingerprint density at radius 1 is 1.30 bits per heavy atom. The third kappa shape index (κ3) is 3.00. The number of benzene rings is 1. The van der Waals surface area contributed by atoms with Gasteiger partial charge in [0.25, 0.3) is 0 Å². The molecule has 1 aromatic carbocycles. The van der Waals surface area contributed by atoms with Gasteiger partial charge in [-0.15, -0.1) is 0 Å². The average molecular weight is 276 g/mol. The quantitative estimate of drug-likeness (QED) is 0.922. The topological polar surface area (TPSA) is 58.7 Å². The second-order valence-corrected chi connectivity index (χ2v) is 5.58. The molecule has 0 saturated carbocycles. The van der Waals surface area contributed by atoms with Gasteiger partial charge in [-0.3, -0.25) is 4.90 Å². The minimum atomic E-state index is -0.654. The molecule has 1 fully saturated rings. The summed E-state index contributed by atoms with van der Waals surface area (Å²) in [4.78, 5) is 6.51. The second kappa shape index (κ2) is 5.52. The van der Waals surface area contributed by atoms with Crippen molar-refractivity contribution in [3.05, 3.63) is 30.2 Å². The van der Waals surface area contributed by atoms with Crippen molar-refractivity contribution < 1.29 is 14.3 Å². The third-order valence-electron chi connectivity index (χ3n) is 3.73. The zero-order valence-corrected chi connectivity index (χ0v) is 11.7. The zero-order chi connectivity index (χ0) is 14.0. The van der Waals surface area contributed by atoms with E-state index in [0.29, 0.717) is 45.0 Å². The molecular weight excluding hydrogens is 256 g/mol. The molecule has 2 aromatic rings. The third-order valence-corrected chi connectivity index (χ3v) is 3.73. The summed E-state index contributed by atoms with van der Waals surface area (Å²) in [5.41, 5.74) is 1.03. The number of hydrogen-bond donors (Lipinski definition) is 1. The van der Waals surface area contributed by atoms with Crippen LogP contribution in [0, 0.1) is 0 Å². The van der Waals surface area contributed by atoms with E-state index in [2.05, 4.69) is 9.88 Å². The monoisotopic (exact) mass is 276 g/mol. The van der Waals surface area contributed by atoms with Gasteiger partial charge >= 0.3 is 0 Å². The fourth-order valence-corrected chi connectivity index (χ4v) is 2.69. The highest BCUT2D eigenvalue weighted by Gasteiger charge is 2.31. The van der Waals surface area contributed by atoms with E-state index in [1.807, 2.05) is 31.3 Å². The van der Waals surface area contributed by atoms with Gasteiger partial charge in [0.2, 0.25) is 5.89 Å². The summed E-state index contributed by atoms with van der Waals surface area (Å²) in [6.07, 6.45) is 1.37. The maximum absolute atomic E-state index is 10.5. The molecule has 5 heteroatoms. The fraction of sp³-hybridized carbons (Fsp3) is 0.533. The number of nitrogens with zero attached hydrogens (tertiary/aromatic N) is 2. The Morgan fingerprint density at radius 3 is 2.80 bits per heavy atom. The first kappa shape index (κ1) is 13.5. The van der Waals surface area contributed by atoms with Crippen molar-refractivity contribution in [1.29, 1.82) is 0 Å². The summed E-state index contributed by atoms with van der Waals surface area (Å²) in [5, 5.41) is 10.5. The van der Waals surface area contributed by atoms with Gasteiger partial charge in [-0.05, 0) is 19.2 Å². The minimum Gasteiger partial charge on any atom is -0.439 e. The van der Waals surface area contributed by atoms with E-state index in [9.17, 15) is 5.11 Å². The van der Waals surface area contributed by atoms with Crippen LogP contribution in [-0.4, -0.2) is 47.4 Å². The molecule has 2 heterocycles. The number of oxazole rings is 1.